The van der Waals surface area contributed by atoms with E-state index in [4.69, 9.17) is 13.8 Å². The van der Waals surface area contributed by atoms with Crippen LogP contribution >= 0.6 is 7.82 Å². The van der Waals surface area contributed by atoms with Crippen LogP contribution in [0.25, 0.3) is 0 Å². The molecule has 8 heteroatoms. The van der Waals surface area contributed by atoms with Gasteiger partial charge in [0.1, 0.15) is 11.5 Å². The van der Waals surface area contributed by atoms with Gasteiger partial charge >= 0.3 is 7.82 Å². The van der Waals surface area contributed by atoms with Gasteiger partial charge in [-0.2, -0.15) is 0 Å². The lowest BCUT2D eigenvalue weighted by Crippen LogP contribution is -2.17. The van der Waals surface area contributed by atoms with Gasteiger partial charge in [-0.25, -0.2) is 4.57 Å². The van der Waals surface area contributed by atoms with E-state index in [1.54, 1.807) is 0 Å². The molecule has 2 atom stereocenters. The average molecular weight is 584 g/mol. The summed E-state index contributed by atoms with van der Waals surface area (Å²) in [6, 6.07) is 7.91. The number of ether oxygens (including phenoxy) is 1. The molecule has 0 saturated carbocycles. The highest BCUT2D eigenvalue weighted by molar-refractivity contribution is 7.47. The molecule has 0 aliphatic rings. The van der Waals surface area contributed by atoms with Crippen LogP contribution < -0.4 is 10.1 Å². The van der Waals surface area contributed by atoms with Crippen molar-refractivity contribution < 1.29 is 28.0 Å². The van der Waals surface area contributed by atoms with Crippen molar-refractivity contribution in [1.29, 1.82) is 0 Å². The number of unbranched alkanes of at least 4 members (excludes halogenated alkanes) is 12. The lowest BCUT2D eigenvalue weighted by atomic mass is 9.94. The summed E-state index contributed by atoms with van der Waals surface area (Å²) in [7, 11) is -2.28. The van der Waals surface area contributed by atoms with E-state index in [9.17, 15) is 14.3 Å². The number of carbonyl (C=O) groups is 1. The third-order valence-corrected chi connectivity index (χ3v) is 8.16. The lowest BCUT2D eigenvalue weighted by molar-refractivity contribution is -0.120. The number of benzene rings is 1. The topological polar surface area (TPSA) is 94.1 Å². The molecule has 0 fully saturated rings. The molecule has 7 nitrogen and oxygen atoms in total. The maximum atomic E-state index is 12.3. The Morgan fingerprint density at radius 1 is 0.825 bits per heavy atom. The number of carbonyl (C=O) groups excluding carboxylic acids is 1. The molecule has 1 aromatic carbocycles. The Labute approximate surface area is 244 Å². The minimum Gasteiger partial charge on any atom is -0.494 e. The van der Waals surface area contributed by atoms with Crippen molar-refractivity contribution in [2.45, 2.75) is 123 Å². The number of phosphoric acid groups is 1. The fourth-order valence-electron chi connectivity index (χ4n) is 4.67. The van der Waals surface area contributed by atoms with Crippen LogP contribution in [0.2, 0.25) is 0 Å². The van der Waals surface area contributed by atoms with Crippen molar-refractivity contribution in [3.63, 3.8) is 0 Å². The number of rotatable bonds is 28. The highest BCUT2D eigenvalue weighted by atomic mass is 31.2. The molecule has 0 aromatic heterocycles. The number of nitrogens with one attached hydrogen (secondary N) is 1. The van der Waals surface area contributed by atoms with E-state index in [0.717, 1.165) is 37.3 Å². The van der Waals surface area contributed by atoms with E-state index >= 15 is 0 Å². The predicted molar refractivity (Wildman–Crippen MR) is 165 cm³/mol. The standard InChI is InChI=1S/C32H58NO6P/c1-4-6-7-8-9-10-11-12-13-14-15-17-24-37-32-21-19-29(20-22-32)26-30(27-31(34)5-2)28-39-40(35,36)38-25-18-16-23-33-3/h19-22,30,33H,4-18,23-28H2,1-3H3,(H,35,36). The summed E-state index contributed by atoms with van der Waals surface area (Å²) in [6.45, 7) is 5.79. The van der Waals surface area contributed by atoms with E-state index in [2.05, 4.69) is 12.2 Å². The van der Waals surface area contributed by atoms with Crippen LogP contribution in [0, 0.1) is 5.92 Å². The molecule has 0 amide bonds. The van der Waals surface area contributed by atoms with Crippen LogP contribution in [0.4, 0.5) is 0 Å². The molecule has 0 bridgehead atoms. The number of ketones is 1. The molecule has 40 heavy (non-hydrogen) atoms. The molecule has 0 aliphatic carbocycles. The molecule has 232 valence electrons. The summed E-state index contributed by atoms with van der Waals surface area (Å²) >= 11 is 0. The van der Waals surface area contributed by atoms with Gasteiger partial charge in [-0.3, -0.25) is 13.8 Å². The third-order valence-electron chi connectivity index (χ3n) is 7.17. The maximum absolute atomic E-state index is 12.3. The lowest BCUT2D eigenvalue weighted by Gasteiger charge is -2.19. The molecular formula is C32H58NO6P. The van der Waals surface area contributed by atoms with Crippen molar-refractivity contribution >= 4 is 13.6 Å². The Hall–Kier alpha value is -1.24. The Bertz CT molecular complexity index is 788. The van der Waals surface area contributed by atoms with Crippen molar-refractivity contribution in [3.05, 3.63) is 29.8 Å². The SMILES string of the molecule is CCCCCCCCCCCCCCOc1ccc(CC(COP(=O)(O)OCCCCNC)CC(=O)CC)cc1. The molecule has 1 rings (SSSR count). The van der Waals surface area contributed by atoms with Gasteiger partial charge in [0, 0.05) is 12.8 Å². The first-order chi connectivity index (χ1) is 19.4. The van der Waals surface area contributed by atoms with Gasteiger partial charge in [-0.05, 0) is 62.9 Å². The van der Waals surface area contributed by atoms with Crippen molar-refractivity contribution in [2.24, 2.45) is 5.92 Å². The zero-order valence-corrected chi connectivity index (χ0v) is 26.6. The van der Waals surface area contributed by atoms with E-state index in [1.165, 1.54) is 70.6 Å². The summed E-state index contributed by atoms with van der Waals surface area (Å²) in [4.78, 5) is 22.1. The molecule has 0 spiro atoms. The fraction of sp³-hybridized carbons (Fsp3) is 0.781. The second kappa shape index (κ2) is 24.4. The molecule has 0 heterocycles. The molecule has 0 aliphatic heterocycles. The van der Waals surface area contributed by atoms with E-state index in [-0.39, 0.29) is 24.9 Å². The van der Waals surface area contributed by atoms with Gasteiger partial charge in [0.25, 0.3) is 0 Å². The van der Waals surface area contributed by atoms with Crippen LogP contribution in [-0.2, 0) is 24.8 Å². The third kappa shape index (κ3) is 20.6. The van der Waals surface area contributed by atoms with E-state index in [1.807, 2.05) is 38.2 Å². The fourth-order valence-corrected chi connectivity index (χ4v) is 5.50. The number of hydrogen-bond donors (Lipinski definition) is 2. The Morgan fingerprint density at radius 3 is 1.98 bits per heavy atom. The van der Waals surface area contributed by atoms with Crippen LogP contribution in [0.5, 0.6) is 5.75 Å². The first-order valence-electron chi connectivity index (χ1n) is 15.9. The summed E-state index contributed by atoms with van der Waals surface area (Å²) in [5, 5.41) is 3.03. The number of phosphoric ester groups is 1. The Balaban J connectivity index is 2.30. The van der Waals surface area contributed by atoms with Crippen LogP contribution in [-0.4, -0.2) is 44.1 Å². The summed E-state index contributed by atoms with van der Waals surface area (Å²) in [5.41, 5.74) is 1.04. The van der Waals surface area contributed by atoms with Crippen LogP contribution in [0.15, 0.2) is 24.3 Å². The first-order valence-corrected chi connectivity index (χ1v) is 17.4. The number of Topliss-reactive ketones (excluding diaryl/α,β-unsaturated/α-hetero) is 1. The Kier molecular flexibility index (Phi) is 22.4. The largest absolute Gasteiger partial charge is 0.494 e. The van der Waals surface area contributed by atoms with Gasteiger partial charge in [0.15, 0.2) is 0 Å². The van der Waals surface area contributed by atoms with Gasteiger partial charge in [-0.15, -0.1) is 0 Å². The molecular weight excluding hydrogens is 525 g/mol. The summed E-state index contributed by atoms with van der Waals surface area (Å²) in [6.07, 6.45) is 18.7. The highest BCUT2D eigenvalue weighted by Gasteiger charge is 2.24. The highest BCUT2D eigenvalue weighted by Crippen LogP contribution is 2.44. The van der Waals surface area contributed by atoms with Gasteiger partial charge in [0.2, 0.25) is 0 Å². The first kappa shape index (κ1) is 36.8. The van der Waals surface area contributed by atoms with Crippen molar-refractivity contribution in [1.82, 2.24) is 5.32 Å². The maximum Gasteiger partial charge on any atom is 0.472 e. The summed E-state index contributed by atoms with van der Waals surface area (Å²) < 4.78 is 28.5. The predicted octanol–water partition coefficient (Wildman–Crippen LogP) is 8.43. The van der Waals surface area contributed by atoms with Crippen molar-refractivity contribution in [2.75, 3.05) is 33.4 Å². The van der Waals surface area contributed by atoms with Crippen LogP contribution in [0.3, 0.4) is 0 Å². The molecule has 2 N–H and O–H groups in total. The minimum atomic E-state index is -4.14. The zero-order valence-electron chi connectivity index (χ0n) is 25.7. The van der Waals surface area contributed by atoms with Gasteiger partial charge < -0.3 is 14.9 Å². The summed E-state index contributed by atoms with van der Waals surface area (Å²) in [5.74, 6) is 0.751. The monoisotopic (exact) mass is 583 g/mol. The second-order valence-corrected chi connectivity index (χ2v) is 12.4. The van der Waals surface area contributed by atoms with Crippen molar-refractivity contribution in [3.8, 4) is 5.75 Å². The Morgan fingerprint density at radius 2 is 1.40 bits per heavy atom. The molecule has 0 saturated heterocycles. The number of hydrogen-bond acceptors (Lipinski definition) is 6. The molecule has 2 unspecified atom stereocenters. The zero-order chi connectivity index (χ0) is 29.3. The van der Waals surface area contributed by atoms with E-state index < -0.39 is 7.82 Å². The molecule has 1 aromatic rings. The second-order valence-electron chi connectivity index (χ2n) is 11.0. The minimum absolute atomic E-state index is 0.00670. The average Bonchev–Trinajstić information content (AvgIpc) is 2.95. The van der Waals surface area contributed by atoms with Gasteiger partial charge in [0.05, 0.1) is 19.8 Å². The van der Waals surface area contributed by atoms with Crippen LogP contribution in [0.1, 0.15) is 122 Å². The molecule has 0 radical (unpaired) electrons. The smallest absolute Gasteiger partial charge is 0.472 e. The van der Waals surface area contributed by atoms with Gasteiger partial charge in [-0.1, -0.05) is 96.6 Å². The quantitative estimate of drug-likeness (QED) is 0.0755. The van der Waals surface area contributed by atoms with E-state index in [0.29, 0.717) is 25.7 Å². The normalized spacial score (nSPS) is 13.7.